The Balaban J connectivity index is 2.51. The van der Waals surface area contributed by atoms with Crippen LogP contribution in [0.15, 0.2) is 30.5 Å². The average Bonchev–Trinajstić information content (AvgIpc) is 2.27. The van der Waals surface area contributed by atoms with Gasteiger partial charge in [-0.1, -0.05) is 12.1 Å². The highest BCUT2D eigenvalue weighted by Gasteiger charge is 2.12. The molecule has 0 fully saturated rings. The van der Waals surface area contributed by atoms with Crippen LogP contribution in [0.3, 0.4) is 0 Å². The number of hydrogen-bond donors (Lipinski definition) is 0. The van der Waals surface area contributed by atoms with Crippen LogP contribution in [-0.4, -0.2) is 15.8 Å². The molecule has 0 aliphatic carbocycles. The fourth-order valence-corrected chi connectivity index (χ4v) is 1.39. The van der Waals surface area contributed by atoms with Crippen molar-refractivity contribution in [1.29, 1.82) is 0 Å². The highest BCUT2D eigenvalue weighted by molar-refractivity contribution is 5.83. The zero-order valence-corrected chi connectivity index (χ0v) is 8.77. The lowest BCUT2D eigenvalue weighted by Crippen LogP contribution is -2.07. The molecule has 0 N–H and O–H groups in total. The average molecular weight is 200 g/mol. The minimum absolute atomic E-state index is 0.111. The van der Waals surface area contributed by atoms with Crippen LogP contribution in [0, 0.1) is 0 Å². The summed E-state index contributed by atoms with van der Waals surface area (Å²) in [5.41, 5.74) is 2.43. The number of para-hydroxylation sites is 2. The summed E-state index contributed by atoms with van der Waals surface area (Å²) in [6.07, 6.45) is 1.67. The van der Waals surface area contributed by atoms with Gasteiger partial charge in [0.05, 0.1) is 22.6 Å². The molecule has 0 amide bonds. The molecule has 1 atom stereocenters. The molecule has 2 aromatic rings. The van der Waals surface area contributed by atoms with Crippen molar-refractivity contribution >= 4 is 16.8 Å². The van der Waals surface area contributed by atoms with E-state index in [0.717, 1.165) is 16.7 Å². The van der Waals surface area contributed by atoms with Crippen LogP contribution in [0.2, 0.25) is 0 Å². The maximum Gasteiger partial charge on any atom is 0.138 e. The van der Waals surface area contributed by atoms with Gasteiger partial charge in [0.15, 0.2) is 0 Å². The van der Waals surface area contributed by atoms with Gasteiger partial charge in [-0.25, -0.2) is 4.98 Å². The molecule has 76 valence electrons. The number of carbonyl (C=O) groups is 1. The topological polar surface area (TPSA) is 42.9 Å². The largest absolute Gasteiger partial charge is 0.299 e. The number of rotatable bonds is 2. The van der Waals surface area contributed by atoms with Crippen molar-refractivity contribution in [3.63, 3.8) is 0 Å². The minimum Gasteiger partial charge on any atom is -0.299 e. The molecule has 0 saturated carbocycles. The molecular formula is C12H12N2O. The van der Waals surface area contributed by atoms with Gasteiger partial charge in [0.2, 0.25) is 0 Å². The summed E-state index contributed by atoms with van der Waals surface area (Å²) in [7, 11) is 0. The summed E-state index contributed by atoms with van der Waals surface area (Å²) in [5, 5.41) is 0. The van der Waals surface area contributed by atoms with Crippen molar-refractivity contribution < 1.29 is 4.79 Å². The fraction of sp³-hybridized carbons (Fsp3) is 0.250. The number of ketones is 1. The Hall–Kier alpha value is -1.77. The zero-order chi connectivity index (χ0) is 10.8. The Morgan fingerprint density at radius 3 is 2.60 bits per heavy atom. The van der Waals surface area contributed by atoms with Crippen LogP contribution in [0.5, 0.6) is 0 Å². The van der Waals surface area contributed by atoms with Gasteiger partial charge < -0.3 is 0 Å². The van der Waals surface area contributed by atoms with Gasteiger partial charge in [0.1, 0.15) is 5.78 Å². The van der Waals surface area contributed by atoms with Crippen LogP contribution >= 0.6 is 0 Å². The molecule has 0 radical (unpaired) electrons. The quantitative estimate of drug-likeness (QED) is 0.747. The van der Waals surface area contributed by atoms with E-state index >= 15 is 0 Å². The number of fused-ring (bicyclic) bond motifs is 1. The van der Waals surface area contributed by atoms with E-state index in [0.29, 0.717) is 0 Å². The molecular weight excluding hydrogens is 188 g/mol. The summed E-state index contributed by atoms with van der Waals surface area (Å²) in [4.78, 5) is 19.9. The monoisotopic (exact) mass is 200 g/mol. The third kappa shape index (κ3) is 1.86. The molecule has 1 aromatic heterocycles. The SMILES string of the molecule is CC(=O)C(C)c1cnc2ccccc2n1. The van der Waals surface area contributed by atoms with Crippen molar-refractivity contribution in [3.8, 4) is 0 Å². The van der Waals surface area contributed by atoms with Gasteiger partial charge in [-0.05, 0) is 26.0 Å². The summed E-state index contributed by atoms with van der Waals surface area (Å²) >= 11 is 0. The molecule has 1 heterocycles. The van der Waals surface area contributed by atoms with Crippen LogP contribution in [0.4, 0.5) is 0 Å². The van der Waals surface area contributed by atoms with Crippen molar-refractivity contribution in [2.45, 2.75) is 19.8 Å². The van der Waals surface area contributed by atoms with E-state index in [4.69, 9.17) is 0 Å². The van der Waals surface area contributed by atoms with Crippen molar-refractivity contribution in [2.24, 2.45) is 0 Å². The van der Waals surface area contributed by atoms with E-state index in [1.165, 1.54) is 0 Å². The number of Topliss-reactive ketones (excluding diaryl/α,β-unsaturated/α-hetero) is 1. The van der Waals surface area contributed by atoms with Gasteiger partial charge in [-0.15, -0.1) is 0 Å². The maximum atomic E-state index is 11.2. The van der Waals surface area contributed by atoms with Crippen LogP contribution in [-0.2, 0) is 4.79 Å². The van der Waals surface area contributed by atoms with Crippen LogP contribution in [0.1, 0.15) is 25.5 Å². The molecule has 15 heavy (non-hydrogen) atoms. The molecule has 0 bridgehead atoms. The molecule has 0 aliphatic heterocycles. The van der Waals surface area contributed by atoms with Gasteiger partial charge in [0, 0.05) is 6.20 Å². The predicted octanol–water partition coefficient (Wildman–Crippen LogP) is 2.32. The third-order valence-corrected chi connectivity index (χ3v) is 2.52. The second kappa shape index (κ2) is 3.77. The van der Waals surface area contributed by atoms with Gasteiger partial charge in [-0.2, -0.15) is 0 Å². The Kier molecular flexibility index (Phi) is 2.46. The van der Waals surface area contributed by atoms with Crippen molar-refractivity contribution in [1.82, 2.24) is 9.97 Å². The maximum absolute atomic E-state index is 11.2. The fourth-order valence-electron chi connectivity index (χ4n) is 1.39. The van der Waals surface area contributed by atoms with Crippen molar-refractivity contribution in [3.05, 3.63) is 36.2 Å². The Morgan fingerprint density at radius 1 is 1.27 bits per heavy atom. The first-order valence-corrected chi connectivity index (χ1v) is 4.90. The van der Waals surface area contributed by atoms with Gasteiger partial charge >= 0.3 is 0 Å². The molecule has 0 spiro atoms. The Morgan fingerprint density at radius 2 is 1.93 bits per heavy atom. The summed E-state index contributed by atoms with van der Waals surface area (Å²) < 4.78 is 0. The highest BCUT2D eigenvalue weighted by Crippen LogP contribution is 2.16. The molecule has 0 aliphatic rings. The molecule has 0 saturated heterocycles. The van der Waals surface area contributed by atoms with E-state index in [1.54, 1.807) is 13.1 Å². The number of aromatic nitrogens is 2. The summed E-state index contributed by atoms with van der Waals surface area (Å²) in [6, 6.07) is 7.65. The van der Waals surface area contributed by atoms with Crippen LogP contribution in [0.25, 0.3) is 11.0 Å². The highest BCUT2D eigenvalue weighted by atomic mass is 16.1. The van der Waals surface area contributed by atoms with E-state index < -0.39 is 0 Å². The standard InChI is InChI=1S/C12H12N2O/c1-8(9(2)15)12-7-13-10-5-3-4-6-11(10)14-12/h3-8H,1-2H3. The third-order valence-electron chi connectivity index (χ3n) is 2.52. The molecule has 2 rings (SSSR count). The zero-order valence-electron chi connectivity index (χ0n) is 8.77. The number of hydrogen-bond acceptors (Lipinski definition) is 3. The van der Waals surface area contributed by atoms with E-state index in [2.05, 4.69) is 9.97 Å². The van der Waals surface area contributed by atoms with Gasteiger partial charge in [-0.3, -0.25) is 9.78 Å². The second-order valence-corrected chi connectivity index (χ2v) is 3.62. The van der Waals surface area contributed by atoms with E-state index in [9.17, 15) is 4.79 Å². The first-order valence-electron chi connectivity index (χ1n) is 4.90. The molecule has 1 unspecified atom stereocenters. The lowest BCUT2D eigenvalue weighted by molar-refractivity contribution is -0.118. The first kappa shape index (κ1) is 9.77. The summed E-state index contributed by atoms with van der Waals surface area (Å²) in [6.45, 7) is 3.42. The Bertz CT molecular complexity index is 508. The van der Waals surface area contributed by atoms with E-state index in [-0.39, 0.29) is 11.7 Å². The lowest BCUT2D eigenvalue weighted by Gasteiger charge is -2.06. The number of benzene rings is 1. The minimum atomic E-state index is -0.179. The van der Waals surface area contributed by atoms with E-state index in [1.807, 2.05) is 31.2 Å². The number of nitrogens with zero attached hydrogens (tertiary/aromatic N) is 2. The lowest BCUT2D eigenvalue weighted by atomic mass is 10.0. The smallest absolute Gasteiger partial charge is 0.138 e. The Labute approximate surface area is 88.2 Å². The first-order chi connectivity index (χ1) is 7.18. The van der Waals surface area contributed by atoms with Crippen LogP contribution < -0.4 is 0 Å². The molecule has 1 aromatic carbocycles. The predicted molar refractivity (Wildman–Crippen MR) is 58.6 cm³/mol. The van der Waals surface area contributed by atoms with Crippen molar-refractivity contribution in [2.75, 3.05) is 0 Å². The molecule has 3 heteroatoms. The number of carbonyl (C=O) groups excluding carboxylic acids is 1. The summed E-state index contributed by atoms with van der Waals surface area (Å²) in [5.74, 6) is -0.0679. The van der Waals surface area contributed by atoms with Gasteiger partial charge in [0.25, 0.3) is 0 Å². The normalized spacial score (nSPS) is 12.7. The molecule has 3 nitrogen and oxygen atoms in total. The second-order valence-electron chi connectivity index (χ2n) is 3.62.